The third kappa shape index (κ3) is 6.27. The second kappa shape index (κ2) is 9.22. The van der Waals surface area contributed by atoms with Crippen molar-refractivity contribution in [2.45, 2.75) is 20.3 Å². The van der Waals surface area contributed by atoms with Gasteiger partial charge < -0.3 is 21.3 Å². The maximum atomic E-state index is 12.1. The van der Waals surface area contributed by atoms with E-state index in [1.165, 1.54) is 6.92 Å². The van der Waals surface area contributed by atoms with Crippen molar-refractivity contribution >= 4 is 40.5 Å². The van der Waals surface area contributed by atoms with Crippen molar-refractivity contribution in [3.05, 3.63) is 48.5 Å². The van der Waals surface area contributed by atoms with Gasteiger partial charge in [-0.05, 0) is 36.4 Å². The second-order valence-corrected chi connectivity index (χ2v) is 5.65. The molecule has 3 amide bonds. The summed E-state index contributed by atoms with van der Waals surface area (Å²) in [5.41, 5.74) is 2.60. The van der Waals surface area contributed by atoms with Crippen LogP contribution in [-0.4, -0.2) is 24.3 Å². The minimum absolute atomic E-state index is 0.0650. The van der Waals surface area contributed by atoms with E-state index in [1.54, 1.807) is 49.4 Å². The first-order valence-corrected chi connectivity index (χ1v) is 8.27. The fraction of sp³-hybridized carbons (Fsp3) is 0.211. The Morgan fingerprint density at radius 1 is 0.769 bits per heavy atom. The molecule has 7 nitrogen and oxygen atoms in total. The Morgan fingerprint density at radius 3 is 1.85 bits per heavy atom. The molecule has 2 rings (SSSR count). The maximum Gasteiger partial charge on any atom is 0.243 e. The number of amides is 3. The van der Waals surface area contributed by atoms with Gasteiger partial charge in [0.1, 0.15) is 0 Å². The molecule has 0 aliphatic carbocycles. The molecule has 26 heavy (non-hydrogen) atoms. The van der Waals surface area contributed by atoms with E-state index in [9.17, 15) is 14.4 Å². The molecule has 0 saturated heterocycles. The highest BCUT2D eigenvalue weighted by Crippen LogP contribution is 2.16. The molecule has 0 atom stereocenters. The van der Waals surface area contributed by atoms with Crippen molar-refractivity contribution in [1.29, 1.82) is 0 Å². The summed E-state index contributed by atoms with van der Waals surface area (Å²) in [4.78, 5) is 34.6. The Balaban J connectivity index is 1.90. The maximum absolute atomic E-state index is 12.1. The summed E-state index contributed by atoms with van der Waals surface area (Å²) < 4.78 is 0. The first-order valence-electron chi connectivity index (χ1n) is 8.27. The van der Waals surface area contributed by atoms with E-state index in [4.69, 9.17) is 0 Å². The van der Waals surface area contributed by atoms with Crippen molar-refractivity contribution < 1.29 is 14.4 Å². The van der Waals surface area contributed by atoms with Gasteiger partial charge in [-0.1, -0.05) is 19.1 Å². The Kier molecular flexibility index (Phi) is 6.73. The fourth-order valence-corrected chi connectivity index (χ4v) is 2.22. The zero-order valence-electron chi connectivity index (χ0n) is 14.8. The largest absolute Gasteiger partial charge is 0.376 e. The minimum atomic E-state index is -0.229. The van der Waals surface area contributed by atoms with Crippen LogP contribution in [0.5, 0.6) is 0 Å². The number of anilines is 4. The number of nitrogens with one attached hydrogen (secondary N) is 4. The number of hydrogen-bond acceptors (Lipinski definition) is 4. The Bertz CT molecular complexity index is 805. The summed E-state index contributed by atoms with van der Waals surface area (Å²) in [6, 6.07) is 14.1. The molecule has 0 aliphatic rings. The SMILES string of the molecule is CCC(=O)Nc1cccc(NCC(=O)Nc2cccc(NC(C)=O)c2)c1. The second-order valence-electron chi connectivity index (χ2n) is 5.65. The highest BCUT2D eigenvalue weighted by atomic mass is 16.2. The molecule has 136 valence electrons. The average molecular weight is 354 g/mol. The molecule has 0 heterocycles. The zero-order chi connectivity index (χ0) is 18.9. The number of rotatable bonds is 7. The van der Waals surface area contributed by atoms with Crippen LogP contribution in [0.15, 0.2) is 48.5 Å². The smallest absolute Gasteiger partial charge is 0.243 e. The van der Waals surface area contributed by atoms with Gasteiger partial charge in [0.2, 0.25) is 17.7 Å². The van der Waals surface area contributed by atoms with Crippen LogP contribution in [0, 0.1) is 0 Å². The molecule has 0 bridgehead atoms. The van der Waals surface area contributed by atoms with Gasteiger partial charge in [-0.25, -0.2) is 0 Å². The molecule has 0 radical (unpaired) electrons. The van der Waals surface area contributed by atoms with Crippen molar-refractivity contribution in [3.63, 3.8) is 0 Å². The van der Waals surface area contributed by atoms with E-state index in [0.29, 0.717) is 23.5 Å². The summed E-state index contributed by atoms with van der Waals surface area (Å²) in [5, 5.41) is 11.2. The van der Waals surface area contributed by atoms with Gasteiger partial charge in [0.05, 0.1) is 6.54 Å². The lowest BCUT2D eigenvalue weighted by atomic mass is 10.2. The number of benzene rings is 2. The van der Waals surface area contributed by atoms with Gasteiger partial charge in [0.15, 0.2) is 0 Å². The lowest BCUT2D eigenvalue weighted by Crippen LogP contribution is -2.22. The molecule has 0 spiro atoms. The first-order chi connectivity index (χ1) is 12.5. The number of carbonyl (C=O) groups is 3. The number of hydrogen-bond donors (Lipinski definition) is 4. The molecule has 2 aromatic carbocycles. The van der Waals surface area contributed by atoms with Gasteiger partial charge in [-0.2, -0.15) is 0 Å². The van der Waals surface area contributed by atoms with Gasteiger partial charge in [-0.15, -0.1) is 0 Å². The van der Waals surface area contributed by atoms with Gasteiger partial charge in [-0.3, -0.25) is 14.4 Å². The molecule has 0 fully saturated rings. The van der Waals surface area contributed by atoms with Crippen molar-refractivity contribution in [1.82, 2.24) is 0 Å². The van der Waals surface area contributed by atoms with E-state index in [1.807, 2.05) is 6.07 Å². The van der Waals surface area contributed by atoms with Crippen LogP contribution in [0.25, 0.3) is 0 Å². The molecule has 0 aromatic heterocycles. The predicted octanol–water partition coefficient (Wildman–Crippen LogP) is 3.04. The van der Waals surface area contributed by atoms with E-state index < -0.39 is 0 Å². The Labute approximate surface area is 152 Å². The van der Waals surface area contributed by atoms with Crippen LogP contribution in [-0.2, 0) is 14.4 Å². The summed E-state index contributed by atoms with van der Waals surface area (Å²) in [5.74, 6) is -0.475. The quantitative estimate of drug-likeness (QED) is 0.614. The molecule has 0 saturated carbocycles. The van der Waals surface area contributed by atoms with Crippen LogP contribution < -0.4 is 21.3 Å². The Morgan fingerprint density at radius 2 is 1.27 bits per heavy atom. The molecule has 0 unspecified atom stereocenters. The lowest BCUT2D eigenvalue weighted by molar-refractivity contribution is -0.116. The van der Waals surface area contributed by atoms with Gasteiger partial charge in [0.25, 0.3) is 0 Å². The fourth-order valence-electron chi connectivity index (χ4n) is 2.22. The predicted molar refractivity (Wildman–Crippen MR) is 103 cm³/mol. The van der Waals surface area contributed by atoms with Crippen LogP contribution in [0.4, 0.5) is 22.7 Å². The summed E-state index contributed by atoms with van der Waals surface area (Å²) in [7, 11) is 0. The van der Waals surface area contributed by atoms with E-state index in [2.05, 4.69) is 21.3 Å². The van der Waals surface area contributed by atoms with Crippen LogP contribution >= 0.6 is 0 Å². The van der Waals surface area contributed by atoms with Crippen LogP contribution in [0.2, 0.25) is 0 Å². The highest BCUT2D eigenvalue weighted by molar-refractivity contribution is 5.95. The van der Waals surface area contributed by atoms with Crippen molar-refractivity contribution in [2.24, 2.45) is 0 Å². The molecule has 0 aliphatic heterocycles. The van der Waals surface area contributed by atoms with Crippen molar-refractivity contribution in [3.8, 4) is 0 Å². The standard InChI is InChI=1S/C19H22N4O3/c1-3-18(25)22-16-8-4-6-14(10-16)20-12-19(26)23-17-9-5-7-15(11-17)21-13(2)24/h4-11,20H,3,12H2,1-2H3,(H,21,24)(H,22,25)(H,23,26). The third-order valence-electron chi connectivity index (χ3n) is 3.39. The van der Waals surface area contributed by atoms with E-state index >= 15 is 0 Å². The van der Waals surface area contributed by atoms with Crippen LogP contribution in [0.1, 0.15) is 20.3 Å². The first kappa shape index (κ1) is 19.0. The normalized spacial score (nSPS) is 9.92. The summed E-state index contributed by atoms with van der Waals surface area (Å²) in [6.07, 6.45) is 0.400. The summed E-state index contributed by atoms with van der Waals surface area (Å²) >= 11 is 0. The van der Waals surface area contributed by atoms with E-state index in [-0.39, 0.29) is 24.3 Å². The summed E-state index contributed by atoms with van der Waals surface area (Å²) in [6.45, 7) is 3.27. The zero-order valence-corrected chi connectivity index (χ0v) is 14.8. The molecule has 2 aromatic rings. The minimum Gasteiger partial charge on any atom is -0.376 e. The Hall–Kier alpha value is -3.35. The third-order valence-corrected chi connectivity index (χ3v) is 3.39. The lowest BCUT2D eigenvalue weighted by Gasteiger charge is -2.10. The van der Waals surface area contributed by atoms with Crippen LogP contribution in [0.3, 0.4) is 0 Å². The monoisotopic (exact) mass is 354 g/mol. The molecular weight excluding hydrogens is 332 g/mol. The topological polar surface area (TPSA) is 99.3 Å². The van der Waals surface area contributed by atoms with Gasteiger partial charge >= 0.3 is 0 Å². The van der Waals surface area contributed by atoms with Crippen molar-refractivity contribution in [2.75, 3.05) is 27.8 Å². The van der Waals surface area contributed by atoms with Gasteiger partial charge in [0, 0.05) is 36.1 Å². The molecule has 7 heteroatoms. The average Bonchev–Trinajstić information content (AvgIpc) is 2.60. The highest BCUT2D eigenvalue weighted by Gasteiger charge is 2.05. The number of carbonyl (C=O) groups excluding carboxylic acids is 3. The molecular formula is C19H22N4O3. The van der Waals surface area contributed by atoms with E-state index in [0.717, 1.165) is 5.69 Å². The molecule has 4 N–H and O–H groups in total.